The highest BCUT2D eigenvalue weighted by Gasteiger charge is 2.26. The lowest BCUT2D eigenvalue weighted by Crippen LogP contribution is -2.37. The zero-order valence-electron chi connectivity index (χ0n) is 12.3. The Balaban J connectivity index is 1.39. The van der Waals surface area contributed by atoms with Crippen molar-refractivity contribution in [1.29, 1.82) is 0 Å². The second-order valence-corrected chi connectivity index (χ2v) is 5.83. The number of aryl methyl sites for hydroxylation is 1. The SMILES string of the molecule is O=C(NCc1nnc2n1CCC2)[C@H]1COc2ccccc2C1. The first-order chi connectivity index (χ1) is 10.8. The average molecular weight is 298 g/mol. The number of amides is 1. The molecule has 0 unspecified atom stereocenters. The molecule has 0 saturated carbocycles. The third-order valence-electron chi connectivity index (χ3n) is 4.36. The van der Waals surface area contributed by atoms with Gasteiger partial charge in [0.25, 0.3) is 0 Å². The molecule has 0 radical (unpaired) electrons. The van der Waals surface area contributed by atoms with Gasteiger partial charge in [-0.25, -0.2) is 0 Å². The molecule has 1 atom stereocenters. The topological polar surface area (TPSA) is 69.0 Å². The van der Waals surface area contributed by atoms with Crippen molar-refractivity contribution in [3.05, 3.63) is 41.5 Å². The number of hydrogen-bond donors (Lipinski definition) is 1. The number of benzene rings is 1. The minimum absolute atomic E-state index is 0.0184. The summed E-state index contributed by atoms with van der Waals surface area (Å²) >= 11 is 0. The second kappa shape index (κ2) is 5.44. The highest BCUT2D eigenvalue weighted by atomic mass is 16.5. The first-order valence-corrected chi connectivity index (χ1v) is 7.70. The number of hydrogen-bond acceptors (Lipinski definition) is 4. The minimum Gasteiger partial charge on any atom is -0.492 e. The standard InChI is InChI=1S/C16H18N4O2/c21-16(12-8-11-4-1-2-5-13(11)22-10-12)17-9-15-19-18-14-6-3-7-20(14)15/h1-2,4-5,12H,3,6-10H2,(H,17,21)/t12-/m1/s1. The smallest absolute Gasteiger partial charge is 0.227 e. The van der Waals surface area contributed by atoms with Crippen LogP contribution in [0.25, 0.3) is 0 Å². The summed E-state index contributed by atoms with van der Waals surface area (Å²) in [6, 6.07) is 7.89. The van der Waals surface area contributed by atoms with E-state index in [-0.39, 0.29) is 11.8 Å². The van der Waals surface area contributed by atoms with Crippen LogP contribution in [-0.4, -0.2) is 27.3 Å². The number of fused-ring (bicyclic) bond motifs is 2. The number of carbonyl (C=O) groups is 1. The first-order valence-electron chi connectivity index (χ1n) is 7.70. The monoisotopic (exact) mass is 298 g/mol. The van der Waals surface area contributed by atoms with Crippen LogP contribution in [0.5, 0.6) is 5.75 Å². The van der Waals surface area contributed by atoms with Gasteiger partial charge in [-0.3, -0.25) is 4.79 Å². The van der Waals surface area contributed by atoms with E-state index in [0.717, 1.165) is 48.8 Å². The molecular formula is C16H18N4O2. The Morgan fingerprint density at radius 2 is 2.27 bits per heavy atom. The fourth-order valence-electron chi connectivity index (χ4n) is 3.15. The summed E-state index contributed by atoms with van der Waals surface area (Å²) in [5.74, 6) is 2.64. The van der Waals surface area contributed by atoms with Gasteiger partial charge in [0.1, 0.15) is 18.2 Å². The molecule has 0 fully saturated rings. The van der Waals surface area contributed by atoms with Crippen LogP contribution in [0.3, 0.4) is 0 Å². The van der Waals surface area contributed by atoms with Crippen LogP contribution < -0.4 is 10.1 Å². The molecule has 0 bridgehead atoms. The Morgan fingerprint density at radius 3 is 3.23 bits per heavy atom. The zero-order chi connectivity index (χ0) is 14.9. The van der Waals surface area contributed by atoms with Crippen molar-refractivity contribution in [3.63, 3.8) is 0 Å². The van der Waals surface area contributed by atoms with E-state index in [1.165, 1.54) is 0 Å². The highest BCUT2D eigenvalue weighted by molar-refractivity contribution is 5.79. The van der Waals surface area contributed by atoms with Crippen LogP contribution in [0.1, 0.15) is 23.6 Å². The number of nitrogens with zero attached hydrogens (tertiary/aromatic N) is 3. The van der Waals surface area contributed by atoms with E-state index in [1.54, 1.807) is 0 Å². The predicted molar refractivity (Wildman–Crippen MR) is 79.3 cm³/mol. The van der Waals surface area contributed by atoms with Crippen molar-refractivity contribution in [2.24, 2.45) is 5.92 Å². The molecule has 22 heavy (non-hydrogen) atoms. The Hall–Kier alpha value is -2.37. The van der Waals surface area contributed by atoms with E-state index < -0.39 is 0 Å². The van der Waals surface area contributed by atoms with Gasteiger partial charge < -0.3 is 14.6 Å². The summed E-state index contributed by atoms with van der Waals surface area (Å²) in [7, 11) is 0. The number of nitrogens with one attached hydrogen (secondary N) is 1. The zero-order valence-corrected chi connectivity index (χ0v) is 12.3. The molecule has 4 rings (SSSR count). The van der Waals surface area contributed by atoms with Crippen LogP contribution in [0, 0.1) is 5.92 Å². The summed E-state index contributed by atoms with van der Waals surface area (Å²) in [6.45, 7) is 1.82. The Kier molecular flexibility index (Phi) is 3.29. The van der Waals surface area contributed by atoms with Crippen molar-refractivity contribution in [2.45, 2.75) is 32.4 Å². The van der Waals surface area contributed by atoms with Crippen molar-refractivity contribution >= 4 is 5.91 Å². The van der Waals surface area contributed by atoms with Crippen molar-refractivity contribution in [1.82, 2.24) is 20.1 Å². The second-order valence-electron chi connectivity index (χ2n) is 5.83. The lowest BCUT2D eigenvalue weighted by Gasteiger charge is -2.24. The van der Waals surface area contributed by atoms with Crippen molar-refractivity contribution in [3.8, 4) is 5.75 Å². The van der Waals surface area contributed by atoms with Gasteiger partial charge >= 0.3 is 0 Å². The molecule has 2 aliphatic heterocycles. The molecule has 1 N–H and O–H groups in total. The molecular weight excluding hydrogens is 280 g/mol. The molecule has 114 valence electrons. The largest absolute Gasteiger partial charge is 0.492 e. The molecule has 6 heteroatoms. The van der Waals surface area contributed by atoms with Gasteiger partial charge in [-0.2, -0.15) is 0 Å². The first kappa shape index (κ1) is 13.3. The number of ether oxygens (including phenoxy) is 1. The maximum absolute atomic E-state index is 12.4. The van der Waals surface area contributed by atoms with Gasteiger partial charge in [-0.05, 0) is 24.5 Å². The fraction of sp³-hybridized carbons (Fsp3) is 0.438. The van der Waals surface area contributed by atoms with Gasteiger partial charge in [0.2, 0.25) is 5.91 Å². The van der Waals surface area contributed by atoms with E-state index in [4.69, 9.17) is 4.74 Å². The maximum Gasteiger partial charge on any atom is 0.227 e. The summed E-state index contributed by atoms with van der Waals surface area (Å²) < 4.78 is 7.78. The third-order valence-corrected chi connectivity index (χ3v) is 4.36. The summed E-state index contributed by atoms with van der Waals surface area (Å²) in [5.41, 5.74) is 1.09. The fourth-order valence-corrected chi connectivity index (χ4v) is 3.15. The normalized spacial score (nSPS) is 19.2. The molecule has 0 spiro atoms. The Labute approximate surface area is 128 Å². The van der Waals surface area contributed by atoms with E-state index in [2.05, 4.69) is 20.1 Å². The van der Waals surface area contributed by atoms with Gasteiger partial charge in [0.05, 0.1) is 12.5 Å². The highest BCUT2D eigenvalue weighted by Crippen LogP contribution is 2.26. The van der Waals surface area contributed by atoms with Gasteiger partial charge in [0, 0.05) is 13.0 Å². The van der Waals surface area contributed by atoms with Gasteiger partial charge in [-0.1, -0.05) is 18.2 Å². The number of aromatic nitrogens is 3. The van der Waals surface area contributed by atoms with Crippen molar-refractivity contribution in [2.75, 3.05) is 6.61 Å². The van der Waals surface area contributed by atoms with Gasteiger partial charge in [0.15, 0.2) is 5.82 Å². The summed E-state index contributed by atoms with van der Waals surface area (Å²) in [5, 5.41) is 11.3. The maximum atomic E-state index is 12.4. The molecule has 0 saturated heterocycles. The lowest BCUT2D eigenvalue weighted by atomic mass is 9.96. The molecule has 1 aromatic heterocycles. The van der Waals surface area contributed by atoms with E-state index in [9.17, 15) is 4.79 Å². The molecule has 1 amide bonds. The molecule has 6 nitrogen and oxygen atoms in total. The van der Waals surface area contributed by atoms with Crippen LogP contribution in [0.4, 0.5) is 0 Å². The predicted octanol–water partition coefficient (Wildman–Crippen LogP) is 1.09. The Bertz CT molecular complexity index is 710. The van der Waals surface area contributed by atoms with Crippen molar-refractivity contribution < 1.29 is 9.53 Å². The van der Waals surface area contributed by atoms with E-state index in [0.29, 0.717) is 13.2 Å². The Morgan fingerprint density at radius 1 is 1.36 bits per heavy atom. The molecule has 3 heterocycles. The lowest BCUT2D eigenvalue weighted by molar-refractivity contribution is -0.126. The van der Waals surface area contributed by atoms with Gasteiger partial charge in [-0.15, -0.1) is 10.2 Å². The number of carbonyl (C=O) groups excluding carboxylic acids is 1. The summed E-state index contributed by atoms with van der Waals surface area (Å²) in [6.07, 6.45) is 2.81. The molecule has 2 aromatic rings. The molecule has 0 aliphatic carbocycles. The van der Waals surface area contributed by atoms with E-state index in [1.807, 2.05) is 24.3 Å². The number of rotatable bonds is 3. The molecule has 2 aliphatic rings. The summed E-state index contributed by atoms with van der Waals surface area (Å²) in [4.78, 5) is 12.4. The molecule has 1 aromatic carbocycles. The average Bonchev–Trinajstić information content (AvgIpc) is 3.16. The van der Waals surface area contributed by atoms with Crippen LogP contribution >= 0.6 is 0 Å². The number of para-hydroxylation sites is 1. The third kappa shape index (κ3) is 2.34. The quantitative estimate of drug-likeness (QED) is 0.921. The van der Waals surface area contributed by atoms with Crippen LogP contribution in [0.15, 0.2) is 24.3 Å². The van der Waals surface area contributed by atoms with Crippen LogP contribution in [0.2, 0.25) is 0 Å². The van der Waals surface area contributed by atoms with Crippen LogP contribution in [-0.2, 0) is 30.7 Å². The van der Waals surface area contributed by atoms with E-state index >= 15 is 0 Å². The minimum atomic E-state index is -0.143.